The lowest BCUT2D eigenvalue weighted by molar-refractivity contribution is -0.385. The standard InChI is InChI=1S/C26H19N3O6S/c30-19-10-5-16(6-11-19)27-25(32)21-3-1-2-4-23(21)36-24-15-18(29(34)35)9-14-22(24)26(33)28-17-7-12-20(31)13-8-17/h1-15,30-31H,(H,27,32)(H,28,33). The number of non-ortho nitro benzene ring substituents is 1. The Bertz CT molecular complexity index is 1440. The van der Waals surface area contributed by atoms with E-state index in [1.807, 2.05) is 0 Å². The van der Waals surface area contributed by atoms with Crippen LogP contribution in [0.15, 0.2) is 101 Å². The highest BCUT2D eigenvalue weighted by molar-refractivity contribution is 7.99. The van der Waals surface area contributed by atoms with Crippen molar-refractivity contribution in [1.82, 2.24) is 0 Å². The zero-order valence-corrected chi connectivity index (χ0v) is 19.4. The van der Waals surface area contributed by atoms with E-state index in [-0.39, 0.29) is 27.6 Å². The van der Waals surface area contributed by atoms with Gasteiger partial charge >= 0.3 is 0 Å². The quantitative estimate of drug-likeness (QED) is 0.145. The Morgan fingerprint density at radius 1 is 0.694 bits per heavy atom. The topological polar surface area (TPSA) is 142 Å². The lowest BCUT2D eigenvalue weighted by atomic mass is 10.2. The molecular formula is C26H19N3O6S. The van der Waals surface area contributed by atoms with Crippen LogP contribution >= 0.6 is 11.8 Å². The maximum Gasteiger partial charge on any atom is 0.270 e. The number of amides is 2. The molecule has 4 N–H and O–H groups in total. The molecule has 0 aliphatic carbocycles. The van der Waals surface area contributed by atoms with Crippen molar-refractivity contribution in [2.24, 2.45) is 0 Å². The highest BCUT2D eigenvalue weighted by Crippen LogP contribution is 2.36. The van der Waals surface area contributed by atoms with Crippen LogP contribution in [0.3, 0.4) is 0 Å². The minimum atomic E-state index is -0.560. The first-order valence-corrected chi connectivity index (χ1v) is 11.4. The number of nitrogens with zero attached hydrogens (tertiary/aromatic N) is 1. The van der Waals surface area contributed by atoms with Crippen molar-refractivity contribution in [2.75, 3.05) is 10.6 Å². The highest BCUT2D eigenvalue weighted by Gasteiger charge is 2.20. The molecule has 0 fully saturated rings. The molecule has 0 bridgehead atoms. The van der Waals surface area contributed by atoms with Crippen LogP contribution < -0.4 is 10.6 Å². The lowest BCUT2D eigenvalue weighted by Gasteiger charge is -2.13. The molecule has 0 saturated heterocycles. The predicted molar refractivity (Wildman–Crippen MR) is 136 cm³/mol. The SMILES string of the molecule is O=C(Nc1ccc(O)cc1)c1ccccc1Sc1cc([N+](=O)[O-])ccc1C(=O)Nc1ccc(O)cc1. The van der Waals surface area contributed by atoms with Gasteiger partial charge in [-0.15, -0.1) is 0 Å². The number of rotatable bonds is 7. The third kappa shape index (κ3) is 5.80. The first-order valence-electron chi connectivity index (χ1n) is 10.6. The number of carbonyl (C=O) groups is 2. The van der Waals surface area contributed by atoms with Crippen molar-refractivity contribution in [3.63, 3.8) is 0 Å². The summed E-state index contributed by atoms with van der Waals surface area (Å²) in [5.41, 5.74) is 1.17. The number of nitro groups is 1. The maximum atomic E-state index is 13.0. The molecule has 4 aromatic rings. The minimum absolute atomic E-state index is 0.0433. The monoisotopic (exact) mass is 501 g/mol. The lowest BCUT2D eigenvalue weighted by Crippen LogP contribution is -2.14. The summed E-state index contributed by atoms with van der Waals surface area (Å²) in [4.78, 5) is 37.6. The number of anilines is 2. The van der Waals surface area contributed by atoms with Gasteiger partial charge in [-0.05, 0) is 66.7 Å². The van der Waals surface area contributed by atoms with Gasteiger partial charge in [0.1, 0.15) is 11.5 Å². The predicted octanol–water partition coefficient (Wildman–Crippen LogP) is 5.66. The van der Waals surface area contributed by atoms with Crippen LogP contribution in [0.1, 0.15) is 20.7 Å². The molecule has 0 radical (unpaired) electrons. The summed E-state index contributed by atoms with van der Waals surface area (Å²) < 4.78 is 0. The molecule has 9 nitrogen and oxygen atoms in total. The number of hydrogen-bond donors (Lipinski definition) is 4. The number of aromatic hydroxyl groups is 2. The number of benzene rings is 4. The van der Waals surface area contributed by atoms with Crippen molar-refractivity contribution >= 4 is 40.6 Å². The van der Waals surface area contributed by atoms with Crippen LogP contribution in [0.4, 0.5) is 17.1 Å². The largest absolute Gasteiger partial charge is 0.508 e. The molecule has 0 aromatic heterocycles. The number of phenols is 2. The molecular weight excluding hydrogens is 482 g/mol. The summed E-state index contributed by atoms with van der Waals surface area (Å²) in [7, 11) is 0. The number of phenolic OH excluding ortho intramolecular Hbond substituents is 2. The summed E-state index contributed by atoms with van der Waals surface area (Å²) in [6, 6.07) is 22.4. The van der Waals surface area contributed by atoms with Crippen LogP contribution in [0.2, 0.25) is 0 Å². The summed E-state index contributed by atoms with van der Waals surface area (Å²) >= 11 is 1.05. The van der Waals surface area contributed by atoms with Crippen molar-refractivity contribution in [3.8, 4) is 11.5 Å². The second kappa shape index (κ2) is 10.6. The van der Waals surface area contributed by atoms with Gasteiger partial charge in [0.2, 0.25) is 0 Å². The molecule has 180 valence electrons. The van der Waals surface area contributed by atoms with E-state index in [9.17, 15) is 29.9 Å². The van der Waals surface area contributed by atoms with Crippen LogP contribution in [-0.2, 0) is 0 Å². The van der Waals surface area contributed by atoms with E-state index in [1.165, 1.54) is 54.6 Å². The minimum Gasteiger partial charge on any atom is -0.508 e. The number of nitro benzene ring substituents is 1. The Morgan fingerprint density at radius 2 is 1.19 bits per heavy atom. The Balaban J connectivity index is 1.65. The van der Waals surface area contributed by atoms with E-state index >= 15 is 0 Å². The van der Waals surface area contributed by atoms with Crippen LogP contribution in [0.5, 0.6) is 11.5 Å². The Labute approximate surface area is 209 Å². The van der Waals surface area contributed by atoms with Crippen molar-refractivity contribution in [3.05, 3.63) is 112 Å². The first-order chi connectivity index (χ1) is 17.3. The molecule has 0 heterocycles. The second-order valence-corrected chi connectivity index (χ2v) is 8.62. The van der Waals surface area contributed by atoms with Gasteiger partial charge in [0.25, 0.3) is 17.5 Å². The molecule has 10 heteroatoms. The van der Waals surface area contributed by atoms with E-state index in [1.54, 1.807) is 36.4 Å². The first kappa shape index (κ1) is 24.3. The van der Waals surface area contributed by atoms with E-state index in [0.717, 1.165) is 11.8 Å². The Morgan fingerprint density at radius 3 is 1.72 bits per heavy atom. The Kier molecular flexibility index (Phi) is 7.17. The van der Waals surface area contributed by atoms with Crippen molar-refractivity contribution in [2.45, 2.75) is 9.79 Å². The molecule has 0 saturated carbocycles. The number of nitrogens with one attached hydrogen (secondary N) is 2. The average molecular weight is 502 g/mol. The molecule has 0 atom stereocenters. The normalized spacial score (nSPS) is 10.4. The highest BCUT2D eigenvalue weighted by atomic mass is 32.2. The van der Waals surface area contributed by atoms with E-state index in [4.69, 9.17) is 0 Å². The van der Waals surface area contributed by atoms with E-state index in [2.05, 4.69) is 10.6 Å². The smallest absolute Gasteiger partial charge is 0.270 e. The molecule has 4 aromatic carbocycles. The van der Waals surface area contributed by atoms with Crippen LogP contribution in [-0.4, -0.2) is 27.0 Å². The van der Waals surface area contributed by atoms with Gasteiger partial charge in [0, 0.05) is 33.3 Å². The summed E-state index contributed by atoms with van der Waals surface area (Å²) in [6.07, 6.45) is 0. The molecule has 0 aliphatic heterocycles. The van der Waals surface area contributed by atoms with E-state index < -0.39 is 16.7 Å². The number of hydrogen-bond acceptors (Lipinski definition) is 7. The Hall–Kier alpha value is -4.83. The number of carbonyl (C=O) groups excluding carboxylic acids is 2. The molecule has 2 amide bonds. The zero-order valence-electron chi connectivity index (χ0n) is 18.5. The fourth-order valence-corrected chi connectivity index (χ4v) is 4.35. The van der Waals surface area contributed by atoms with Crippen molar-refractivity contribution in [1.29, 1.82) is 0 Å². The fourth-order valence-electron chi connectivity index (χ4n) is 3.24. The fraction of sp³-hybridized carbons (Fsp3) is 0. The maximum absolute atomic E-state index is 13.0. The van der Waals surface area contributed by atoms with Gasteiger partial charge in [-0.1, -0.05) is 23.9 Å². The average Bonchev–Trinajstić information content (AvgIpc) is 2.87. The molecule has 0 unspecified atom stereocenters. The molecule has 4 rings (SSSR count). The molecule has 0 aliphatic rings. The second-order valence-electron chi connectivity index (χ2n) is 7.54. The summed E-state index contributed by atoms with van der Waals surface area (Å²) in [5.74, 6) is -0.831. The van der Waals surface area contributed by atoms with E-state index in [0.29, 0.717) is 21.8 Å². The van der Waals surface area contributed by atoms with Gasteiger partial charge in [-0.3, -0.25) is 19.7 Å². The zero-order chi connectivity index (χ0) is 25.7. The summed E-state index contributed by atoms with van der Waals surface area (Å²) in [6.45, 7) is 0. The molecule has 0 spiro atoms. The van der Waals surface area contributed by atoms with Crippen molar-refractivity contribution < 1.29 is 24.7 Å². The van der Waals surface area contributed by atoms with Crippen LogP contribution in [0, 0.1) is 10.1 Å². The van der Waals surface area contributed by atoms with Crippen LogP contribution in [0.25, 0.3) is 0 Å². The van der Waals surface area contributed by atoms with Gasteiger partial charge in [0.05, 0.1) is 16.1 Å². The van der Waals surface area contributed by atoms with Gasteiger partial charge in [-0.25, -0.2) is 0 Å². The summed E-state index contributed by atoms with van der Waals surface area (Å²) in [5, 5.41) is 35.7. The third-order valence-electron chi connectivity index (χ3n) is 5.02. The molecule has 36 heavy (non-hydrogen) atoms. The van der Waals surface area contributed by atoms with Gasteiger partial charge < -0.3 is 20.8 Å². The van der Waals surface area contributed by atoms with Gasteiger partial charge in [0.15, 0.2) is 0 Å². The third-order valence-corrected chi connectivity index (χ3v) is 6.16. The van der Waals surface area contributed by atoms with Gasteiger partial charge in [-0.2, -0.15) is 0 Å².